The van der Waals surface area contributed by atoms with Gasteiger partial charge < -0.3 is 10.4 Å². The van der Waals surface area contributed by atoms with Crippen LogP contribution in [0.1, 0.15) is 61.8 Å². The van der Waals surface area contributed by atoms with Gasteiger partial charge in [-0.3, -0.25) is 4.79 Å². The molecule has 1 aliphatic carbocycles. The number of carboxylic acids is 1. The Kier molecular flexibility index (Phi) is 4.46. The van der Waals surface area contributed by atoms with Crippen LogP contribution in [0, 0.1) is 0 Å². The number of carbonyl (C=O) groups excluding carboxylic acids is 1. The van der Waals surface area contributed by atoms with Gasteiger partial charge in [0.2, 0.25) is 0 Å². The van der Waals surface area contributed by atoms with Gasteiger partial charge in [-0.05, 0) is 12.8 Å². The predicted octanol–water partition coefficient (Wildman–Crippen LogP) is 2.38. The molecule has 0 bridgehead atoms. The van der Waals surface area contributed by atoms with Gasteiger partial charge in [-0.15, -0.1) is 0 Å². The number of amides is 1. The van der Waals surface area contributed by atoms with E-state index in [1.165, 1.54) is 6.20 Å². The number of halogens is 1. The highest BCUT2D eigenvalue weighted by atomic mass is 35.5. The van der Waals surface area contributed by atoms with E-state index >= 15 is 0 Å². The molecule has 7 heteroatoms. The molecule has 1 amide bonds. The van der Waals surface area contributed by atoms with Gasteiger partial charge in [0, 0.05) is 5.92 Å². The number of rotatable bonds is 4. The van der Waals surface area contributed by atoms with Gasteiger partial charge in [0.1, 0.15) is 17.1 Å². The Balaban J connectivity index is 2.28. The van der Waals surface area contributed by atoms with Crippen molar-refractivity contribution in [2.45, 2.75) is 51.0 Å². The number of nitrogens with zero attached hydrogens (tertiary/aromatic N) is 2. The van der Waals surface area contributed by atoms with E-state index in [0.29, 0.717) is 18.7 Å². The summed E-state index contributed by atoms with van der Waals surface area (Å²) in [5.74, 6) is -1.02. The Hall–Kier alpha value is -1.69. The molecule has 0 unspecified atom stereocenters. The molecule has 1 aromatic rings. The summed E-state index contributed by atoms with van der Waals surface area (Å²) in [4.78, 5) is 32.0. The minimum Gasteiger partial charge on any atom is -0.480 e. The number of carboxylic acid groups (broad SMARTS) is 1. The van der Waals surface area contributed by atoms with Crippen molar-refractivity contribution >= 4 is 23.5 Å². The van der Waals surface area contributed by atoms with E-state index in [4.69, 9.17) is 11.6 Å². The van der Waals surface area contributed by atoms with Gasteiger partial charge in [0.05, 0.1) is 11.2 Å². The van der Waals surface area contributed by atoms with Crippen LogP contribution in [0.15, 0.2) is 6.20 Å². The molecule has 0 aliphatic heterocycles. The molecule has 0 spiro atoms. The number of hydrogen-bond donors (Lipinski definition) is 2. The maximum Gasteiger partial charge on any atom is 0.329 e. The summed E-state index contributed by atoms with van der Waals surface area (Å²) < 4.78 is 0. The van der Waals surface area contributed by atoms with Crippen LogP contribution in [0.2, 0.25) is 5.02 Å². The fourth-order valence-corrected chi connectivity index (χ4v) is 2.64. The van der Waals surface area contributed by atoms with Crippen molar-refractivity contribution in [1.29, 1.82) is 0 Å². The van der Waals surface area contributed by atoms with Gasteiger partial charge in [0.15, 0.2) is 0 Å². The molecular weight excluding hydrogens is 294 g/mol. The van der Waals surface area contributed by atoms with Gasteiger partial charge in [-0.25, -0.2) is 14.8 Å². The second-order valence-electron chi connectivity index (χ2n) is 5.63. The topological polar surface area (TPSA) is 92.2 Å². The normalized spacial score (nSPS) is 17.0. The van der Waals surface area contributed by atoms with E-state index in [0.717, 1.165) is 12.8 Å². The second-order valence-corrected chi connectivity index (χ2v) is 6.04. The first-order valence-electron chi connectivity index (χ1n) is 6.94. The minimum atomic E-state index is -1.21. The van der Waals surface area contributed by atoms with Crippen LogP contribution in [0.5, 0.6) is 0 Å². The largest absolute Gasteiger partial charge is 0.480 e. The van der Waals surface area contributed by atoms with E-state index < -0.39 is 17.4 Å². The zero-order valence-electron chi connectivity index (χ0n) is 12.0. The van der Waals surface area contributed by atoms with Crippen LogP contribution >= 0.6 is 11.6 Å². The average Bonchev–Trinajstić information content (AvgIpc) is 2.88. The molecule has 2 N–H and O–H groups in total. The first-order chi connectivity index (χ1) is 9.85. The molecule has 1 saturated carbocycles. The van der Waals surface area contributed by atoms with Crippen LogP contribution in [0.4, 0.5) is 0 Å². The van der Waals surface area contributed by atoms with E-state index in [1.54, 1.807) is 0 Å². The van der Waals surface area contributed by atoms with Crippen molar-refractivity contribution in [3.8, 4) is 0 Å². The van der Waals surface area contributed by atoms with Gasteiger partial charge >= 0.3 is 5.97 Å². The van der Waals surface area contributed by atoms with E-state index in [-0.39, 0.29) is 16.6 Å². The molecule has 0 radical (unpaired) electrons. The number of aromatic nitrogens is 2. The SMILES string of the molecule is CC(C)c1ncc(Cl)c(C(=O)NC2(C(=O)O)CCCC2)n1. The molecule has 0 saturated heterocycles. The fraction of sp³-hybridized carbons (Fsp3) is 0.571. The van der Waals surface area contributed by atoms with Crippen LogP contribution in [-0.4, -0.2) is 32.5 Å². The van der Waals surface area contributed by atoms with Crippen molar-refractivity contribution < 1.29 is 14.7 Å². The lowest BCUT2D eigenvalue weighted by molar-refractivity contribution is -0.144. The van der Waals surface area contributed by atoms with E-state index in [9.17, 15) is 14.7 Å². The van der Waals surface area contributed by atoms with Crippen molar-refractivity contribution in [1.82, 2.24) is 15.3 Å². The monoisotopic (exact) mass is 311 g/mol. The molecule has 6 nitrogen and oxygen atoms in total. The summed E-state index contributed by atoms with van der Waals surface area (Å²) in [6.45, 7) is 3.81. The molecule has 1 aliphatic rings. The summed E-state index contributed by atoms with van der Waals surface area (Å²) in [5, 5.41) is 12.1. The molecular formula is C14H18ClN3O3. The third-order valence-electron chi connectivity index (χ3n) is 3.71. The van der Waals surface area contributed by atoms with Crippen molar-refractivity contribution in [3.63, 3.8) is 0 Å². The molecule has 0 aromatic carbocycles. The number of nitrogens with one attached hydrogen (secondary N) is 1. The Labute approximate surface area is 127 Å². The third kappa shape index (κ3) is 3.15. The molecule has 0 atom stereocenters. The lowest BCUT2D eigenvalue weighted by Crippen LogP contribution is -2.52. The molecule has 1 heterocycles. The summed E-state index contributed by atoms with van der Waals surface area (Å²) in [6, 6.07) is 0. The van der Waals surface area contributed by atoms with Gasteiger partial charge in [-0.2, -0.15) is 0 Å². The van der Waals surface area contributed by atoms with Crippen LogP contribution in [0.25, 0.3) is 0 Å². The fourth-order valence-electron chi connectivity index (χ4n) is 2.47. The van der Waals surface area contributed by atoms with Crippen LogP contribution < -0.4 is 5.32 Å². The van der Waals surface area contributed by atoms with Crippen LogP contribution in [-0.2, 0) is 4.79 Å². The standard InChI is InChI=1S/C14H18ClN3O3/c1-8(2)11-16-7-9(15)10(17-11)12(19)18-14(13(20)21)5-3-4-6-14/h7-8H,3-6H2,1-2H3,(H,18,19)(H,20,21). The van der Waals surface area contributed by atoms with E-state index in [1.807, 2.05) is 13.8 Å². The van der Waals surface area contributed by atoms with Gasteiger partial charge in [0.25, 0.3) is 5.91 Å². The van der Waals surface area contributed by atoms with Crippen molar-refractivity contribution in [2.75, 3.05) is 0 Å². The van der Waals surface area contributed by atoms with Crippen LogP contribution in [0.3, 0.4) is 0 Å². The Morgan fingerprint density at radius 1 is 1.38 bits per heavy atom. The zero-order valence-corrected chi connectivity index (χ0v) is 12.8. The highest BCUT2D eigenvalue weighted by molar-refractivity contribution is 6.33. The number of hydrogen-bond acceptors (Lipinski definition) is 4. The molecule has 2 rings (SSSR count). The second kappa shape index (κ2) is 5.97. The molecule has 1 aromatic heterocycles. The summed E-state index contributed by atoms with van der Waals surface area (Å²) >= 11 is 5.97. The van der Waals surface area contributed by atoms with Crippen molar-refractivity contribution in [3.05, 3.63) is 22.7 Å². The molecule has 21 heavy (non-hydrogen) atoms. The summed E-state index contributed by atoms with van der Waals surface area (Å²) in [5.41, 5.74) is -1.17. The molecule has 114 valence electrons. The highest BCUT2D eigenvalue weighted by Crippen LogP contribution is 2.30. The van der Waals surface area contributed by atoms with Gasteiger partial charge in [-0.1, -0.05) is 38.3 Å². The third-order valence-corrected chi connectivity index (χ3v) is 3.99. The minimum absolute atomic E-state index is 0.0305. The van der Waals surface area contributed by atoms with E-state index in [2.05, 4.69) is 15.3 Å². The zero-order chi connectivity index (χ0) is 15.6. The predicted molar refractivity (Wildman–Crippen MR) is 77.4 cm³/mol. The number of aliphatic carboxylic acids is 1. The Morgan fingerprint density at radius 2 is 2.00 bits per heavy atom. The lowest BCUT2D eigenvalue weighted by atomic mass is 9.97. The Bertz CT molecular complexity index is 569. The first kappa shape index (κ1) is 15.7. The smallest absolute Gasteiger partial charge is 0.329 e. The number of carbonyl (C=O) groups is 2. The Morgan fingerprint density at radius 3 is 2.52 bits per heavy atom. The quantitative estimate of drug-likeness (QED) is 0.890. The lowest BCUT2D eigenvalue weighted by Gasteiger charge is -2.25. The molecule has 1 fully saturated rings. The summed E-state index contributed by atoms with van der Waals surface area (Å²) in [7, 11) is 0. The average molecular weight is 312 g/mol. The maximum atomic E-state index is 12.4. The maximum absolute atomic E-state index is 12.4. The summed E-state index contributed by atoms with van der Waals surface area (Å²) in [6.07, 6.45) is 3.78. The van der Waals surface area contributed by atoms with Crippen molar-refractivity contribution in [2.24, 2.45) is 0 Å². The highest BCUT2D eigenvalue weighted by Gasteiger charge is 2.43. The first-order valence-corrected chi connectivity index (χ1v) is 7.32.